The van der Waals surface area contributed by atoms with Crippen LogP contribution < -0.4 is 4.74 Å². The van der Waals surface area contributed by atoms with Gasteiger partial charge >= 0.3 is 0 Å². The van der Waals surface area contributed by atoms with Crippen LogP contribution in [0.2, 0.25) is 0 Å². The first kappa shape index (κ1) is 14.1. The number of hydrogen-bond donors (Lipinski definition) is 0. The lowest BCUT2D eigenvalue weighted by Gasteiger charge is -2.26. The van der Waals surface area contributed by atoms with Crippen molar-refractivity contribution in [2.45, 2.75) is 31.8 Å². The molecule has 0 aliphatic heterocycles. The number of ether oxygens (including phenoxy) is 2. The molecule has 1 aliphatic carbocycles. The van der Waals surface area contributed by atoms with Gasteiger partial charge in [0, 0.05) is 11.0 Å². The molecule has 18 heavy (non-hydrogen) atoms. The summed E-state index contributed by atoms with van der Waals surface area (Å²) in [5.41, 5.74) is 1.22. The fraction of sp³-hybridized carbons (Fsp3) is 0.600. The zero-order valence-corrected chi connectivity index (χ0v) is 13.1. The smallest absolute Gasteiger partial charge is 0.119 e. The highest BCUT2D eigenvalue weighted by Gasteiger charge is 2.18. The van der Waals surface area contributed by atoms with Gasteiger partial charge in [0.1, 0.15) is 5.75 Å². The van der Waals surface area contributed by atoms with Crippen molar-refractivity contribution in [1.82, 2.24) is 0 Å². The van der Waals surface area contributed by atoms with Gasteiger partial charge in [-0.2, -0.15) is 0 Å². The highest BCUT2D eigenvalue weighted by Crippen LogP contribution is 2.30. The number of alkyl halides is 1. The molecule has 100 valence electrons. The molecular weight excluding hydrogens is 339 g/mol. The lowest BCUT2D eigenvalue weighted by molar-refractivity contribution is 0.0529. The molecule has 1 unspecified atom stereocenters. The van der Waals surface area contributed by atoms with Gasteiger partial charge in [-0.3, -0.25) is 0 Å². The van der Waals surface area contributed by atoms with Gasteiger partial charge in [-0.1, -0.05) is 54.0 Å². The molecule has 0 amide bonds. The summed E-state index contributed by atoms with van der Waals surface area (Å²) >= 11 is 2.39. The van der Waals surface area contributed by atoms with Crippen molar-refractivity contribution in [3.8, 4) is 5.75 Å². The van der Waals surface area contributed by atoms with E-state index in [4.69, 9.17) is 9.47 Å². The summed E-state index contributed by atoms with van der Waals surface area (Å²) in [4.78, 5) is 0. The predicted molar refractivity (Wildman–Crippen MR) is 82.5 cm³/mol. The van der Waals surface area contributed by atoms with Crippen LogP contribution in [0.25, 0.3) is 0 Å². The maximum atomic E-state index is 6.02. The Morgan fingerprint density at radius 2 is 2.22 bits per heavy atom. The van der Waals surface area contributed by atoms with E-state index in [0.29, 0.717) is 0 Å². The summed E-state index contributed by atoms with van der Waals surface area (Å²) in [6, 6.07) is 8.20. The maximum Gasteiger partial charge on any atom is 0.119 e. The van der Waals surface area contributed by atoms with Crippen LogP contribution in [0, 0.1) is 5.92 Å². The van der Waals surface area contributed by atoms with Crippen molar-refractivity contribution in [1.29, 1.82) is 0 Å². The standard InChI is InChI=1S/C15H21IO2/c1-17-14-7-3-6-13(10-14)15(11-16)18-9-8-12-4-2-5-12/h3,6-7,10,12,15H,2,4-5,8-9,11H2,1H3. The van der Waals surface area contributed by atoms with Gasteiger partial charge in [0.15, 0.2) is 0 Å². The molecule has 0 N–H and O–H groups in total. The quantitative estimate of drug-likeness (QED) is 0.531. The zero-order chi connectivity index (χ0) is 12.8. The van der Waals surface area contributed by atoms with Crippen LogP contribution in [0.15, 0.2) is 24.3 Å². The fourth-order valence-corrected chi connectivity index (χ4v) is 2.99. The maximum absolute atomic E-state index is 6.02. The SMILES string of the molecule is COc1cccc(C(CI)OCCC2CCC2)c1. The van der Waals surface area contributed by atoms with Crippen molar-refractivity contribution >= 4 is 22.6 Å². The van der Waals surface area contributed by atoms with E-state index in [1.165, 1.54) is 31.2 Å². The molecule has 0 radical (unpaired) electrons. The molecule has 1 saturated carbocycles. The second-order valence-electron chi connectivity index (χ2n) is 4.88. The summed E-state index contributed by atoms with van der Waals surface area (Å²) in [6.45, 7) is 0.884. The van der Waals surface area contributed by atoms with E-state index in [0.717, 1.165) is 22.7 Å². The summed E-state index contributed by atoms with van der Waals surface area (Å²) < 4.78 is 12.3. The van der Waals surface area contributed by atoms with E-state index in [1.807, 2.05) is 12.1 Å². The molecule has 1 aromatic rings. The number of halogens is 1. The van der Waals surface area contributed by atoms with Gasteiger partial charge in [-0.05, 0) is 30.0 Å². The molecule has 0 heterocycles. The number of hydrogen-bond acceptors (Lipinski definition) is 2. The summed E-state index contributed by atoms with van der Waals surface area (Å²) in [5, 5.41) is 0. The molecule has 1 aliphatic rings. The molecule has 2 nitrogen and oxygen atoms in total. The lowest BCUT2D eigenvalue weighted by atomic mass is 9.83. The molecule has 0 saturated heterocycles. The Kier molecular flexibility index (Phi) is 5.76. The van der Waals surface area contributed by atoms with Crippen molar-refractivity contribution in [3.05, 3.63) is 29.8 Å². The number of benzene rings is 1. The molecular formula is C15H21IO2. The average molecular weight is 360 g/mol. The van der Waals surface area contributed by atoms with E-state index in [2.05, 4.69) is 34.7 Å². The van der Waals surface area contributed by atoms with Crippen molar-refractivity contribution in [2.75, 3.05) is 18.1 Å². The summed E-state index contributed by atoms with van der Waals surface area (Å²) in [7, 11) is 1.70. The van der Waals surface area contributed by atoms with Crippen LogP contribution in [-0.2, 0) is 4.74 Å². The van der Waals surface area contributed by atoms with Gasteiger partial charge in [-0.25, -0.2) is 0 Å². The van der Waals surface area contributed by atoms with Gasteiger partial charge < -0.3 is 9.47 Å². The van der Waals surface area contributed by atoms with E-state index < -0.39 is 0 Å². The van der Waals surface area contributed by atoms with Crippen LogP contribution in [0.4, 0.5) is 0 Å². The Morgan fingerprint density at radius 3 is 2.83 bits per heavy atom. The molecule has 1 fully saturated rings. The normalized spacial score (nSPS) is 17.2. The summed E-state index contributed by atoms with van der Waals surface area (Å²) in [6.07, 6.45) is 5.63. The van der Waals surface area contributed by atoms with Gasteiger partial charge in [0.05, 0.1) is 13.2 Å². The van der Waals surface area contributed by atoms with Crippen LogP contribution in [0.1, 0.15) is 37.4 Å². The third-order valence-corrected chi connectivity index (χ3v) is 4.48. The summed E-state index contributed by atoms with van der Waals surface area (Å²) in [5.74, 6) is 1.83. The highest BCUT2D eigenvalue weighted by atomic mass is 127. The molecule has 0 bridgehead atoms. The third-order valence-electron chi connectivity index (χ3n) is 3.68. The van der Waals surface area contributed by atoms with E-state index in [1.54, 1.807) is 7.11 Å². The largest absolute Gasteiger partial charge is 0.497 e. The van der Waals surface area contributed by atoms with Crippen LogP contribution >= 0.6 is 22.6 Å². The first-order valence-corrected chi connectivity index (χ1v) is 8.17. The minimum absolute atomic E-state index is 0.195. The minimum Gasteiger partial charge on any atom is -0.497 e. The van der Waals surface area contributed by atoms with E-state index in [9.17, 15) is 0 Å². The zero-order valence-electron chi connectivity index (χ0n) is 10.9. The molecule has 1 aromatic carbocycles. The fourth-order valence-electron chi connectivity index (χ4n) is 2.23. The molecule has 0 aromatic heterocycles. The Labute approximate surface area is 123 Å². The Hall–Kier alpha value is -0.290. The highest BCUT2D eigenvalue weighted by molar-refractivity contribution is 14.1. The number of rotatable bonds is 7. The van der Waals surface area contributed by atoms with Crippen molar-refractivity contribution in [3.63, 3.8) is 0 Å². The molecule has 0 spiro atoms. The van der Waals surface area contributed by atoms with Crippen molar-refractivity contribution < 1.29 is 9.47 Å². The van der Waals surface area contributed by atoms with E-state index in [-0.39, 0.29) is 6.10 Å². The van der Waals surface area contributed by atoms with Crippen molar-refractivity contribution in [2.24, 2.45) is 5.92 Å². The minimum atomic E-state index is 0.195. The van der Waals surface area contributed by atoms with Gasteiger partial charge in [-0.15, -0.1) is 0 Å². The Bertz CT molecular complexity index is 363. The predicted octanol–water partition coefficient (Wildman–Crippen LogP) is 4.38. The average Bonchev–Trinajstić information content (AvgIpc) is 2.37. The van der Waals surface area contributed by atoms with Crippen LogP contribution in [0.5, 0.6) is 5.75 Å². The first-order chi connectivity index (χ1) is 8.83. The second-order valence-corrected chi connectivity index (χ2v) is 5.76. The Morgan fingerprint density at radius 1 is 1.39 bits per heavy atom. The number of methoxy groups -OCH3 is 1. The third kappa shape index (κ3) is 3.85. The first-order valence-electron chi connectivity index (χ1n) is 6.65. The molecule has 1 atom stereocenters. The van der Waals surface area contributed by atoms with E-state index >= 15 is 0 Å². The topological polar surface area (TPSA) is 18.5 Å². The van der Waals surface area contributed by atoms with Gasteiger partial charge in [0.25, 0.3) is 0 Å². The molecule has 2 rings (SSSR count). The van der Waals surface area contributed by atoms with Gasteiger partial charge in [0.2, 0.25) is 0 Å². The molecule has 3 heteroatoms. The van der Waals surface area contributed by atoms with Crippen LogP contribution in [-0.4, -0.2) is 18.1 Å². The van der Waals surface area contributed by atoms with Crippen LogP contribution in [0.3, 0.4) is 0 Å². The lowest BCUT2D eigenvalue weighted by Crippen LogP contribution is -2.15. The second kappa shape index (κ2) is 7.34. The Balaban J connectivity index is 1.85. The monoisotopic (exact) mass is 360 g/mol.